The van der Waals surface area contributed by atoms with Gasteiger partial charge in [-0.25, -0.2) is 4.39 Å². The van der Waals surface area contributed by atoms with E-state index in [1.54, 1.807) is 31.2 Å². The molecule has 0 saturated carbocycles. The third-order valence-corrected chi connectivity index (χ3v) is 2.68. The van der Waals surface area contributed by atoms with Crippen molar-refractivity contribution in [3.05, 3.63) is 41.7 Å². The summed E-state index contributed by atoms with van der Waals surface area (Å²) in [6, 6.07) is 8.36. The van der Waals surface area contributed by atoms with E-state index in [-0.39, 0.29) is 11.9 Å². The SMILES string of the molecule is Cc1ccc(Nc2ccc(N)c(OC(C)C)n2)cc1F. The Bertz CT molecular complexity index is 614. The lowest BCUT2D eigenvalue weighted by Gasteiger charge is -2.13. The molecule has 3 N–H and O–H groups in total. The van der Waals surface area contributed by atoms with Crippen LogP contribution in [0.3, 0.4) is 0 Å². The lowest BCUT2D eigenvalue weighted by Crippen LogP contribution is -2.09. The smallest absolute Gasteiger partial charge is 0.239 e. The molecular weight excluding hydrogens is 257 g/mol. The highest BCUT2D eigenvalue weighted by molar-refractivity contribution is 5.61. The van der Waals surface area contributed by atoms with E-state index in [0.717, 1.165) is 0 Å². The number of aromatic nitrogens is 1. The Morgan fingerprint density at radius 2 is 2.00 bits per heavy atom. The number of ether oxygens (including phenoxy) is 1. The maximum atomic E-state index is 13.5. The molecule has 0 aliphatic rings. The molecule has 0 radical (unpaired) electrons. The number of anilines is 3. The molecule has 0 bridgehead atoms. The fourth-order valence-corrected chi connectivity index (χ4v) is 1.66. The molecule has 0 saturated heterocycles. The molecule has 4 nitrogen and oxygen atoms in total. The van der Waals surface area contributed by atoms with E-state index < -0.39 is 0 Å². The predicted molar refractivity (Wildman–Crippen MR) is 78.8 cm³/mol. The third-order valence-electron chi connectivity index (χ3n) is 2.68. The molecule has 0 unspecified atom stereocenters. The molecular formula is C15H18FN3O. The Balaban J connectivity index is 2.22. The average molecular weight is 275 g/mol. The van der Waals surface area contributed by atoms with Crippen molar-refractivity contribution >= 4 is 17.2 Å². The number of nitrogens with zero attached hydrogens (tertiary/aromatic N) is 1. The molecule has 0 amide bonds. The van der Waals surface area contributed by atoms with Crippen LogP contribution < -0.4 is 15.8 Å². The minimum Gasteiger partial charge on any atom is -0.473 e. The second kappa shape index (κ2) is 5.77. The monoisotopic (exact) mass is 275 g/mol. The number of nitrogens with one attached hydrogen (secondary N) is 1. The molecule has 1 aromatic carbocycles. The molecule has 2 rings (SSSR count). The van der Waals surface area contributed by atoms with Gasteiger partial charge in [-0.1, -0.05) is 6.07 Å². The first-order valence-electron chi connectivity index (χ1n) is 6.42. The molecule has 2 aromatic rings. The zero-order valence-electron chi connectivity index (χ0n) is 11.8. The van der Waals surface area contributed by atoms with Crippen LogP contribution in [0.4, 0.5) is 21.6 Å². The van der Waals surface area contributed by atoms with Gasteiger partial charge in [-0.05, 0) is 50.6 Å². The largest absolute Gasteiger partial charge is 0.473 e. The minimum atomic E-state index is -0.260. The van der Waals surface area contributed by atoms with Gasteiger partial charge in [0.2, 0.25) is 5.88 Å². The van der Waals surface area contributed by atoms with Gasteiger partial charge in [-0.15, -0.1) is 0 Å². The summed E-state index contributed by atoms with van der Waals surface area (Å²) in [5.41, 5.74) is 7.50. The Morgan fingerprint density at radius 3 is 2.65 bits per heavy atom. The van der Waals surface area contributed by atoms with Crippen molar-refractivity contribution in [2.24, 2.45) is 0 Å². The summed E-state index contributed by atoms with van der Waals surface area (Å²) in [4.78, 5) is 4.28. The van der Waals surface area contributed by atoms with Crippen molar-refractivity contribution < 1.29 is 9.13 Å². The first-order valence-corrected chi connectivity index (χ1v) is 6.42. The molecule has 106 valence electrons. The predicted octanol–water partition coefficient (Wildman–Crippen LogP) is 3.64. The summed E-state index contributed by atoms with van der Waals surface area (Å²) in [6.45, 7) is 5.52. The van der Waals surface area contributed by atoms with Gasteiger partial charge in [0.05, 0.1) is 11.8 Å². The highest BCUT2D eigenvalue weighted by Gasteiger charge is 2.07. The summed E-state index contributed by atoms with van der Waals surface area (Å²) < 4.78 is 19.0. The fourth-order valence-electron chi connectivity index (χ4n) is 1.66. The van der Waals surface area contributed by atoms with Crippen molar-refractivity contribution in [3.8, 4) is 5.88 Å². The van der Waals surface area contributed by atoms with Gasteiger partial charge in [-0.2, -0.15) is 4.98 Å². The van der Waals surface area contributed by atoms with Gasteiger partial charge in [0.1, 0.15) is 11.6 Å². The van der Waals surface area contributed by atoms with Crippen LogP contribution in [0.5, 0.6) is 5.88 Å². The molecule has 5 heteroatoms. The first kappa shape index (κ1) is 14.1. The van der Waals surface area contributed by atoms with Gasteiger partial charge in [0.25, 0.3) is 0 Å². The number of rotatable bonds is 4. The van der Waals surface area contributed by atoms with Gasteiger partial charge >= 0.3 is 0 Å². The van der Waals surface area contributed by atoms with Crippen LogP contribution in [-0.2, 0) is 0 Å². The summed E-state index contributed by atoms with van der Waals surface area (Å²) in [5, 5.41) is 3.03. The van der Waals surface area contributed by atoms with Crippen molar-refractivity contribution in [3.63, 3.8) is 0 Å². The molecule has 1 heterocycles. The van der Waals surface area contributed by atoms with Crippen molar-refractivity contribution in [1.82, 2.24) is 4.98 Å². The zero-order chi connectivity index (χ0) is 14.7. The number of halogens is 1. The normalized spacial score (nSPS) is 10.7. The summed E-state index contributed by atoms with van der Waals surface area (Å²) in [5.74, 6) is 0.666. The Hall–Kier alpha value is -2.30. The summed E-state index contributed by atoms with van der Waals surface area (Å²) in [6.07, 6.45) is -0.0168. The van der Waals surface area contributed by atoms with Gasteiger partial charge in [0, 0.05) is 5.69 Å². The average Bonchev–Trinajstić information content (AvgIpc) is 2.37. The number of benzene rings is 1. The van der Waals surface area contributed by atoms with Crippen LogP contribution in [0, 0.1) is 12.7 Å². The molecule has 1 aromatic heterocycles. The number of nitrogens with two attached hydrogens (primary N) is 1. The molecule has 0 atom stereocenters. The Morgan fingerprint density at radius 1 is 1.25 bits per heavy atom. The zero-order valence-corrected chi connectivity index (χ0v) is 11.8. The van der Waals surface area contributed by atoms with E-state index in [0.29, 0.717) is 28.6 Å². The molecule has 0 spiro atoms. The Labute approximate surface area is 117 Å². The quantitative estimate of drug-likeness (QED) is 0.894. The number of hydrogen-bond donors (Lipinski definition) is 2. The molecule has 0 aliphatic heterocycles. The highest BCUT2D eigenvalue weighted by Crippen LogP contribution is 2.24. The lowest BCUT2D eigenvalue weighted by molar-refractivity contribution is 0.234. The highest BCUT2D eigenvalue weighted by atomic mass is 19.1. The Kier molecular flexibility index (Phi) is 4.08. The summed E-state index contributed by atoms with van der Waals surface area (Å²) in [7, 11) is 0. The fraction of sp³-hybridized carbons (Fsp3) is 0.267. The first-order chi connectivity index (χ1) is 9.45. The maximum Gasteiger partial charge on any atom is 0.239 e. The van der Waals surface area contributed by atoms with E-state index in [4.69, 9.17) is 10.5 Å². The van der Waals surface area contributed by atoms with Crippen LogP contribution >= 0.6 is 0 Å². The number of aryl methyl sites for hydroxylation is 1. The second-order valence-electron chi connectivity index (χ2n) is 4.85. The van der Waals surface area contributed by atoms with Crippen LogP contribution in [0.25, 0.3) is 0 Å². The standard InChI is InChI=1S/C15H18FN3O/c1-9(2)20-15-13(17)6-7-14(19-15)18-11-5-4-10(3)12(16)8-11/h4-9H,17H2,1-3H3,(H,18,19). The van der Waals surface area contributed by atoms with Crippen LogP contribution in [0.2, 0.25) is 0 Å². The molecule has 0 aliphatic carbocycles. The van der Waals surface area contributed by atoms with Crippen molar-refractivity contribution in [1.29, 1.82) is 0 Å². The number of pyridine rings is 1. The number of hydrogen-bond acceptors (Lipinski definition) is 4. The second-order valence-corrected chi connectivity index (χ2v) is 4.85. The lowest BCUT2D eigenvalue weighted by atomic mass is 10.2. The van der Waals surface area contributed by atoms with E-state index in [2.05, 4.69) is 10.3 Å². The van der Waals surface area contributed by atoms with Crippen molar-refractivity contribution in [2.75, 3.05) is 11.1 Å². The van der Waals surface area contributed by atoms with Crippen LogP contribution in [-0.4, -0.2) is 11.1 Å². The van der Waals surface area contributed by atoms with E-state index in [1.165, 1.54) is 6.07 Å². The van der Waals surface area contributed by atoms with E-state index >= 15 is 0 Å². The minimum absolute atomic E-state index is 0.0168. The van der Waals surface area contributed by atoms with Gasteiger partial charge in [0.15, 0.2) is 0 Å². The summed E-state index contributed by atoms with van der Waals surface area (Å²) >= 11 is 0. The number of nitrogen functional groups attached to an aromatic ring is 1. The van der Waals surface area contributed by atoms with Gasteiger partial charge < -0.3 is 15.8 Å². The molecule has 20 heavy (non-hydrogen) atoms. The molecule has 0 fully saturated rings. The third kappa shape index (κ3) is 3.38. The maximum absolute atomic E-state index is 13.5. The topological polar surface area (TPSA) is 60.2 Å². The van der Waals surface area contributed by atoms with Crippen molar-refractivity contribution in [2.45, 2.75) is 26.9 Å². The van der Waals surface area contributed by atoms with Crippen LogP contribution in [0.15, 0.2) is 30.3 Å². The van der Waals surface area contributed by atoms with E-state index in [9.17, 15) is 4.39 Å². The van der Waals surface area contributed by atoms with E-state index in [1.807, 2.05) is 13.8 Å². The van der Waals surface area contributed by atoms with Crippen LogP contribution in [0.1, 0.15) is 19.4 Å². The van der Waals surface area contributed by atoms with Gasteiger partial charge in [-0.3, -0.25) is 0 Å².